The molecule has 1 aromatic heterocycles. The smallest absolute Gasteiger partial charge is 0.287 e. The molecule has 24 heavy (non-hydrogen) atoms. The average molecular weight is 333 g/mol. The zero-order valence-corrected chi connectivity index (χ0v) is 14.3. The minimum Gasteiger partial charge on any atom is -0.455 e. The van der Waals surface area contributed by atoms with E-state index in [4.69, 9.17) is 4.42 Å². The zero-order valence-electron chi connectivity index (χ0n) is 14.3. The fraction of sp³-hybridized carbons (Fsp3) is 0.667. The highest BCUT2D eigenvalue weighted by atomic mass is 16.4. The van der Waals surface area contributed by atoms with Gasteiger partial charge < -0.3 is 14.6 Å². The molecule has 6 heteroatoms. The van der Waals surface area contributed by atoms with Crippen molar-refractivity contribution in [3.8, 4) is 0 Å². The summed E-state index contributed by atoms with van der Waals surface area (Å²) in [6.07, 6.45) is 6.21. The summed E-state index contributed by atoms with van der Waals surface area (Å²) in [7, 11) is 0. The minimum absolute atomic E-state index is 0.129. The number of carbonyl (C=O) groups excluding carboxylic acids is 2. The third-order valence-corrected chi connectivity index (χ3v) is 4.80. The van der Waals surface area contributed by atoms with Gasteiger partial charge in [-0.3, -0.25) is 14.5 Å². The third kappa shape index (κ3) is 4.60. The maximum absolute atomic E-state index is 12.1. The van der Waals surface area contributed by atoms with Crippen molar-refractivity contribution in [1.29, 1.82) is 0 Å². The van der Waals surface area contributed by atoms with Crippen LogP contribution in [-0.2, 0) is 11.3 Å². The second kappa shape index (κ2) is 8.33. The summed E-state index contributed by atoms with van der Waals surface area (Å²) in [5.41, 5.74) is 0. The summed E-state index contributed by atoms with van der Waals surface area (Å²) in [5, 5.41) is 2.78. The van der Waals surface area contributed by atoms with Crippen molar-refractivity contribution in [3.63, 3.8) is 0 Å². The van der Waals surface area contributed by atoms with E-state index in [1.54, 1.807) is 6.07 Å². The first-order valence-corrected chi connectivity index (χ1v) is 9.09. The Morgan fingerprint density at radius 1 is 1.00 bits per heavy atom. The van der Waals surface area contributed by atoms with Crippen molar-refractivity contribution < 1.29 is 14.0 Å². The number of hydrogen-bond donors (Lipinski definition) is 1. The van der Waals surface area contributed by atoms with E-state index in [1.165, 1.54) is 19.3 Å². The number of nitrogens with one attached hydrogen (secondary N) is 1. The molecule has 3 heterocycles. The Balaban J connectivity index is 1.40. The quantitative estimate of drug-likeness (QED) is 0.865. The van der Waals surface area contributed by atoms with Crippen molar-refractivity contribution in [1.82, 2.24) is 15.1 Å². The number of hydrogen-bond acceptors (Lipinski definition) is 4. The summed E-state index contributed by atoms with van der Waals surface area (Å²) < 4.78 is 5.63. The van der Waals surface area contributed by atoms with Gasteiger partial charge >= 0.3 is 0 Å². The van der Waals surface area contributed by atoms with Crippen LogP contribution in [-0.4, -0.2) is 54.3 Å². The maximum Gasteiger partial charge on any atom is 0.287 e. The molecule has 0 saturated carbocycles. The van der Waals surface area contributed by atoms with E-state index in [9.17, 15) is 9.59 Å². The molecule has 2 aliphatic rings. The van der Waals surface area contributed by atoms with Crippen LogP contribution < -0.4 is 5.32 Å². The largest absolute Gasteiger partial charge is 0.455 e. The number of amides is 2. The number of carbonyl (C=O) groups is 2. The standard InChI is InChI=1S/C18H27N3O3/c22-17(21-12-2-1-3-13-21)8-9-19-18(23)16-7-6-15(24-16)14-20-10-4-5-11-20/h6-7H,1-5,8-14H2,(H,19,23). The second-order valence-electron chi connectivity index (χ2n) is 6.70. The minimum atomic E-state index is -0.242. The highest BCUT2D eigenvalue weighted by Gasteiger charge is 2.18. The first kappa shape index (κ1) is 17.0. The van der Waals surface area contributed by atoms with Crippen molar-refractivity contribution >= 4 is 11.8 Å². The van der Waals surface area contributed by atoms with Gasteiger partial charge in [0, 0.05) is 26.1 Å². The fourth-order valence-electron chi connectivity index (χ4n) is 3.42. The van der Waals surface area contributed by atoms with E-state index in [-0.39, 0.29) is 11.8 Å². The van der Waals surface area contributed by atoms with Crippen molar-refractivity contribution in [2.24, 2.45) is 0 Å². The summed E-state index contributed by atoms with van der Waals surface area (Å²) in [5.74, 6) is 1.04. The van der Waals surface area contributed by atoms with Gasteiger partial charge in [-0.1, -0.05) is 0 Å². The van der Waals surface area contributed by atoms with Gasteiger partial charge in [-0.05, 0) is 57.3 Å². The molecule has 2 saturated heterocycles. The second-order valence-corrected chi connectivity index (χ2v) is 6.70. The molecule has 132 valence electrons. The van der Waals surface area contributed by atoms with Crippen LogP contribution in [0.25, 0.3) is 0 Å². The lowest BCUT2D eigenvalue weighted by Crippen LogP contribution is -2.37. The van der Waals surface area contributed by atoms with Crippen LogP contribution in [0.2, 0.25) is 0 Å². The number of furan rings is 1. The first-order chi connectivity index (χ1) is 11.7. The van der Waals surface area contributed by atoms with Crippen LogP contribution in [0, 0.1) is 0 Å². The van der Waals surface area contributed by atoms with Crippen molar-refractivity contribution in [3.05, 3.63) is 23.7 Å². The summed E-state index contributed by atoms with van der Waals surface area (Å²) in [6.45, 7) is 5.02. The summed E-state index contributed by atoms with van der Waals surface area (Å²) in [4.78, 5) is 28.4. The number of rotatable bonds is 6. The van der Waals surface area contributed by atoms with Crippen LogP contribution in [0.15, 0.2) is 16.5 Å². The number of nitrogens with zero attached hydrogens (tertiary/aromatic N) is 2. The van der Waals surface area contributed by atoms with E-state index < -0.39 is 0 Å². The van der Waals surface area contributed by atoms with E-state index in [2.05, 4.69) is 10.2 Å². The lowest BCUT2D eigenvalue weighted by Gasteiger charge is -2.26. The SMILES string of the molecule is O=C(NCCC(=O)N1CCCCC1)c1ccc(CN2CCCC2)o1. The van der Waals surface area contributed by atoms with Gasteiger partial charge in [0.2, 0.25) is 5.91 Å². The maximum atomic E-state index is 12.1. The highest BCUT2D eigenvalue weighted by Crippen LogP contribution is 2.15. The van der Waals surface area contributed by atoms with Gasteiger partial charge in [0.1, 0.15) is 5.76 Å². The van der Waals surface area contributed by atoms with E-state index in [1.807, 2.05) is 11.0 Å². The van der Waals surface area contributed by atoms with Gasteiger partial charge in [0.15, 0.2) is 5.76 Å². The van der Waals surface area contributed by atoms with E-state index in [0.717, 1.165) is 51.3 Å². The molecule has 0 spiro atoms. The molecule has 0 bridgehead atoms. The summed E-state index contributed by atoms with van der Waals surface area (Å²) in [6, 6.07) is 3.58. The van der Waals surface area contributed by atoms with Crippen molar-refractivity contribution in [2.75, 3.05) is 32.7 Å². The Hall–Kier alpha value is -1.82. The monoisotopic (exact) mass is 333 g/mol. The molecule has 0 aromatic carbocycles. The zero-order chi connectivity index (χ0) is 16.8. The van der Waals surface area contributed by atoms with Gasteiger partial charge in [0.05, 0.1) is 6.54 Å². The molecule has 2 fully saturated rings. The fourth-order valence-corrected chi connectivity index (χ4v) is 3.42. The normalized spacial score (nSPS) is 18.8. The summed E-state index contributed by atoms with van der Waals surface area (Å²) >= 11 is 0. The third-order valence-electron chi connectivity index (χ3n) is 4.80. The van der Waals surface area contributed by atoms with Crippen LogP contribution in [0.5, 0.6) is 0 Å². The number of likely N-dealkylation sites (tertiary alicyclic amines) is 2. The molecule has 2 amide bonds. The Kier molecular flexibility index (Phi) is 5.91. The molecule has 2 aliphatic heterocycles. The van der Waals surface area contributed by atoms with Gasteiger partial charge in [-0.15, -0.1) is 0 Å². The molecule has 0 aliphatic carbocycles. The van der Waals surface area contributed by atoms with Crippen LogP contribution in [0.4, 0.5) is 0 Å². The highest BCUT2D eigenvalue weighted by molar-refractivity contribution is 5.91. The topological polar surface area (TPSA) is 65.8 Å². The molecule has 3 rings (SSSR count). The lowest BCUT2D eigenvalue weighted by molar-refractivity contribution is -0.131. The average Bonchev–Trinajstić information content (AvgIpc) is 3.28. The molecular weight excluding hydrogens is 306 g/mol. The van der Waals surface area contributed by atoms with Gasteiger partial charge in [-0.25, -0.2) is 0 Å². The Morgan fingerprint density at radius 2 is 1.71 bits per heavy atom. The Bertz CT molecular complexity index is 558. The first-order valence-electron chi connectivity index (χ1n) is 9.09. The molecule has 0 unspecified atom stereocenters. The van der Waals surface area contributed by atoms with E-state index in [0.29, 0.717) is 18.7 Å². The van der Waals surface area contributed by atoms with Gasteiger partial charge in [0.25, 0.3) is 5.91 Å². The number of piperidine rings is 1. The lowest BCUT2D eigenvalue weighted by atomic mass is 10.1. The van der Waals surface area contributed by atoms with Crippen molar-refractivity contribution in [2.45, 2.75) is 45.1 Å². The molecule has 1 aromatic rings. The van der Waals surface area contributed by atoms with Gasteiger partial charge in [-0.2, -0.15) is 0 Å². The Labute approximate surface area is 143 Å². The molecular formula is C18H27N3O3. The molecule has 1 N–H and O–H groups in total. The Morgan fingerprint density at radius 3 is 2.46 bits per heavy atom. The molecule has 0 radical (unpaired) electrons. The van der Waals surface area contributed by atoms with Crippen LogP contribution >= 0.6 is 0 Å². The predicted molar refractivity (Wildman–Crippen MR) is 90.6 cm³/mol. The molecule has 6 nitrogen and oxygen atoms in total. The van der Waals surface area contributed by atoms with Crippen LogP contribution in [0.1, 0.15) is 54.8 Å². The molecule has 0 atom stereocenters. The van der Waals surface area contributed by atoms with Crippen LogP contribution in [0.3, 0.4) is 0 Å². The van der Waals surface area contributed by atoms with E-state index >= 15 is 0 Å². The predicted octanol–water partition coefficient (Wildman–Crippen LogP) is 2.01.